The van der Waals surface area contributed by atoms with E-state index in [4.69, 9.17) is 14.2 Å². The summed E-state index contributed by atoms with van der Waals surface area (Å²) in [5, 5.41) is 2.62. The summed E-state index contributed by atoms with van der Waals surface area (Å²) in [7, 11) is 4.80. The Bertz CT molecular complexity index is 955. The van der Waals surface area contributed by atoms with Crippen LogP contribution in [0.25, 0.3) is 11.1 Å². The number of carbonyl (C=O) groups is 1. The Balaban J connectivity index is 1.84. The molecular weight excluding hydrogens is 356 g/mol. The molecule has 1 heterocycles. The molecule has 0 unspecified atom stereocenters. The molecule has 6 heteroatoms. The van der Waals surface area contributed by atoms with Gasteiger partial charge >= 0.3 is 0 Å². The number of methoxy groups -OCH3 is 2. The maximum Gasteiger partial charge on any atom is 0.251 e. The Morgan fingerprint density at radius 3 is 2.39 bits per heavy atom. The average Bonchev–Trinajstić information content (AvgIpc) is 2.77. The van der Waals surface area contributed by atoms with E-state index in [2.05, 4.69) is 10.3 Å². The molecule has 0 saturated heterocycles. The van der Waals surface area contributed by atoms with Gasteiger partial charge in [0.15, 0.2) is 0 Å². The number of benzene rings is 2. The first kappa shape index (κ1) is 19.2. The number of ether oxygens (including phenoxy) is 3. The van der Waals surface area contributed by atoms with Gasteiger partial charge in [0, 0.05) is 24.9 Å². The van der Waals surface area contributed by atoms with Gasteiger partial charge in [-0.1, -0.05) is 12.1 Å². The van der Waals surface area contributed by atoms with Gasteiger partial charge < -0.3 is 19.5 Å². The fraction of sp³-hybridized carbons (Fsp3) is 0.182. The number of rotatable bonds is 7. The van der Waals surface area contributed by atoms with Crippen molar-refractivity contribution in [3.05, 3.63) is 71.9 Å². The predicted octanol–water partition coefficient (Wildman–Crippen LogP) is 3.70. The zero-order valence-corrected chi connectivity index (χ0v) is 16.1. The Kier molecular flexibility index (Phi) is 6.11. The molecule has 1 amide bonds. The standard InChI is InChI=1S/C22H22N2O4/c1-23-21(25)16-8-6-15(7-9-16)18-11-19(26-2)13-20(12-18)28-14-17-5-4-10-24-22(17)27-3/h4-13H,14H2,1-3H3,(H,23,25). The van der Waals surface area contributed by atoms with Crippen LogP contribution in [0.15, 0.2) is 60.8 Å². The first-order valence-corrected chi connectivity index (χ1v) is 8.77. The summed E-state index contributed by atoms with van der Waals surface area (Å²) in [4.78, 5) is 15.9. The number of pyridine rings is 1. The fourth-order valence-electron chi connectivity index (χ4n) is 2.78. The average molecular weight is 378 g/mol. The van der Waals surface area contributed by atoms with Crippen LogP contribution in [0.2, 0.25) is 0 Å². The van der Waals surface area contributed by atoms with E-state index in [9.17, 15) is 4.79 Å². The minimum atomic E-state index is -0.119. The second-order valence-corrected chi connectivity index (χ2v) is 6.01. The van der Waals surface area contributed by atoms with Crippen molar-refractivity contribution in [3.63, 3.8) is 0 Å². The molecule has 28 heavy (non-hydrogen) atoms. The Morgan fingerprint density at radius 1 is 0.964 bits per heavy atom. The lowest BCUT2D eigenvalue weighted by atomic mass is 10.0. The van der Waals surface area contributed by atoms with Gasteiger partial charge in [-0.15, -0.1) is 0 Å². The zero-order valence-electron chi connectivity index (χ0n) is 16.1. The molecule has 0 atom stereocenters. The highest BCUT2D eigenvalue weighted by Crippen LogP contribution is 2.31. The van der Waals surface area contributed by atoms with E-state index < -0.39 is 0 Å². The number of aromatic nitrogens is 1. The number of carbonyl (C=O) groups excluding carboxylic acids is 1. The van der Waals surface area contributed by atoms with Gasteiger partial charge in [0.05, 0.1) is 19.8 Å². The second kappa shape index (κ2) is 8.90. The van der Waals surface area contributed by atoms with Gasteiger partial charge in [-0.25, -0.2) is 4.98 Å². The molecule has 0 radical (unpaired) electrons. The molecule has 6 nitrogen and oxygen atoms in total. The summed E-state index contributed by atoms with van der Waals surface area (Å²) in [6, 6.07) is 16.8. The predicted molar refractivity (Wildman–Crippen MR) is 107 cm³/mol. The molecule has 0 aliphatic heterocycles. The maximum atomic E-state index is 11.7. The summed E-state index contributed by atoms with van der Waals surface area (Å²) in [6.07, 6.45) is 1.68. The molecule has 0 bridgehead atoms. The Hall–Kier alpha value is -3.54. The quantitative estimate of drug-likeness (QED) is 0.679. The van der Waals surface area contributed by atoms with Gasteiger partial charge in [-0.2, -0.15) is 0 Å². The number of hydrogen-bond acceptors (Lipinski definition) is 5. The van der Waals surface area contributed by atoms with Crippen LogP contribution in [0.5, 0.6) is 17.4 Å². The maximum absolute atomic E-state index is 11.7. The van der Waals surface area contributed by atoms with Crippen LogP contribution in [0.1, 0.15) is 15.9 Å². The van der Waals surface area contributed by atoms with Crippen molar-refractivity contribution in [3.8, 4) is 28.5 Å². The van der Waals surface area contributed by atoms with E-state index in [0.717, 1.165) is 16.7 Å². The van der Waals surface area contributed by atoms with E-state index in [1.54, 1.807) is 39.6 Å². The highest BCUT2D eigenvalue weighted by Gasteiger charge is 2.09. The molecular formula is C22H22N2O4. The van der Waals surface area contributed by atoms with Crippen molar-refractivity contribution in [2.24, 2.45) is 0 Å². The Morgan fingerprint density at radius 2 is 1.71 bits per heavy atom. The van der Waals surface area contributed by atoms with Crippen molar-refractivity contribution in [1.82, 2.24) is 10.3 Å². The lowest BCUT2D eigenvalue weighted by molar-refractivity contribution is 0.0963. The molecule has 3 rings (SSSR count). The summed E-state index contributed by atoms with van der Waals surface area (Å²) < 4.78 is 16.6. The molecule has 0 saturated carbocycles. The zero-order chi connectivity index (χ0) is 19.9. The lowest BCUT2D eigenvalue weighted by Crippen LogP contribution is -2.17. The molecule has 0 aliphatic carbocycles. The fourth-order valence-corrected chi connectivity index (χ4v) is 2.78. The van der Waals surface area contributed by atoms with Gasteiger partial charge in [-0.05, 0) is 47.5 Å². The summed E-state index contributed by atoms with van der Waals surface area (Å²) >= 11 is 0. The SMILES string of the molecule is CNC(=O)c1ccc(-c2cc(OC)cc(OCc3cccnc3OC)c2)cc1. The molecule has 1 aromatic heterocycles. The first-order chi connectivity index (χ1) is 13.6. The van der Waals surface area contributed by atoms with Crippen LogP contribution in [0, 0.1) is 0 Å². The smallest absolute Gasteiger partial charge is 0.251 e. The van der Waals surface area contributed by atoms with Crippen molar-refractivity contribution in [2.75, 3.05) is 21.3 Å². The second-order valence-electron chi connectivity index (χ2n) is 6.01. The number of hydrogen-bond donors (Lipinski definition) is 1. The van der Waals surface area contributed by atoms with Gasteiger partial charge in [0.1, 0.15) is 18.1 Å². The number of nitrogens with one attached hydrogen (secondary N) is 1. The van der Waals surface area contributed by atoms with Crippen LogP contribution in [-0.4, -0.2) is 32.2 Å². The minimum Gasteiger partial charge on any atom is -0.497 e. The molecule has 0 aliphatic rings. The number of nitrogens with zero attached hydrogens (tertiary/aromatic N) is 1. The van der Waals surface area contributed by atoms with Crippen LogP contribution >= 0.6 is 0 Å². The molecule has 1 N–H and O–H groups in total. The molecule has 144 valence electrons. The number of amides is 1. The largest absolute Gasteiger partial charge is 0.497 e. The summed E-state index contributed by atoms with van der Waals surface area (Å²) in [6.45, 7) is 0.319. The van der Waals surface area contributed by atoms with E-state index in [-0.39, 0.29) is 5.91 Å². The third kappa shape index (κ3) is 4.40. The molecule has 3 aromatic rings. The van der Waals surface area contributed by atoms with E-state index in [1.165, 1.54) is 0 Å². The highest BCUT2D eigenvalue weighted by molar-refractivity contribution is 5.94. The van der Waals surface area contributed by atoms with Crippen molar-refractivity contribution >= 4 is 5.91 Å². The van der Waals surface area contributed by atoms with Crippen molar-refractivity contribution in [1.29, 1.82) is 0 Å². The van der Waals surface area contributed by atoms with E-state index in [1.807, 2.05) is 42.5 Å². The van der Waals surface area contributed by atoms with Crippen LogP contribution in [-0.2, 0) is 6.61 Å². The van der Waals surface area contributed by atoms with Crippen LogP contribution in [0.4, 0.5) is 0 Å². The summed E-state index contributed by atoms with van der Waals surface area (Å²) in [5.74, 6) is 1.76. The third-order valence-electron chi connectivity index (χ3n) is 4.26. The normalized spacial score (nSPS) is 10.2. The van der Waals surface area contributed by atoms with Crippen LogP contribution < -0.4 is 19.5 Å². The van der Waals surface area contributed by atoms with Gasteiger partial charge in [-0.3, -0.25) is 4.79 Å². The van der Waals surface area contributed by atoms with Crippen molar-refractivity contribution in [2.45, 2.75) is 6.61 Å². The molecule has 0 fully saturated rings. The van der Waals surface area contributed by atoms with Gasteiger partial charge in [0.25, 0.3) is 5.91 Å². The third-order valence-corrected chi connectivity index (χ3v) is 4.26. The first-order valence-electron chi connectivity index (χ1n) is 8.77. The topological polar surface area (TPSA) is 69.7 Å². The molecule has 2 aromatic carbocycles. The Labute approximate surface area is 164 Å². The summed E-state index contributed by atoms with van der Waals surface area (Å²) in [5.41, 5.74) is 3.34. The monoisotopic (exact) mass is 378 g/mol. The van der Waals surface area contributed by atoms with Crippen LogP contribution in [0.3, 0.4) is 0 Å². The highest BCUT2D eigenvalue weighted by atomic mass is 16.5. The molecule has 0 spiro atoms. The van der Waals surface area contributed by atoms with E-state index in [0.29, 0.717) is 29.5 Å². The van der Waals surface area contributed by atoms with Gasteiger partial charge in [0.2, 0.25) is 5.88 Å². The van der Waals surface area contributed by atoms with E-state index >= 15 is 0 Å². The minimum absolute atomic E-state index is 0.119. The lowest BCUT2D eigenvalue weighted by Gasteiger charge is -2.12. The van der Waals surface area contributed by atoms with Crippen molar-refractivity contribution < 1.29 is 19.0 Å².